The Labute approximate surface area is 168 Å². The van der Waals surface area contributed by atoms with E-state index in [-0.39, 0.29) is 17.1 Å². The Balaban J connectivity index is 1.51. The minimum atomic E-state index is -0.348. The van der Waals surface area contributed by atoms with E-state index < -0.39 is 0 Å². The summed E-state index contributed by atoms with van der Waals surface area (Å²) >= 11 is 0. The van der Waals surface area contributed by atoms with Crippen LogP contribution in [0.3, 0.4) is 0 Å². The average Bonchev–Trinajstić information content (AvgIpc) is 3.33. The number of nitrogens with zero attached hydrogens (tertiary/aromatic N) is 3. The van der Waals surface area contributed by atoms with E-state index in [1.54, 1.807) is 22.9 Å². The molecule has 0 spiro atoms. The molecule has 0 aliphatic carbocycles. The van der Waals surface area contributed by atoms with Gasteiger partial charge >= 0.3 is 0 Å². The highest BCUT2D eigenvalue weighted by atomic mass is 19.1. The minimum Gasteiger partial charge on any atom is -0.381 e. The number of aromatic nitrogens is 4. The summed E-state index contributed by atoms with van der Waals surface area (Å²) in [4.78, 5) is 12.8. The molecule has 0 atom stereocenters. The number of nitrogens with one attached hydrogen (secondary N) is 2. The Morgan fingerprint density at radius 2 is 2.14 bits per heavy atom. The molecule has 1 amide bonds. The fourth-order valence-corrected chi connectivity index (χ4v) is 3.92. The van der Waals surface area contributed by atoms with Gasteiger partial charge in [-0.05, 0) is 43.5 Å². The lowest BCUT2D eigenvalue weighted by Gasteiger charge is -2.38. The number of H-pyrrole nitrogens is 1. The maximum Gasteiger partial charge on any atom is 0.269 e. The molecule has 8 heteroatoms. The van der Waals surface area contributed by atoms with Gasteiger partial charge < -0.3 is 10.1 Å². The normalized spacial score (nSPS) is 16.0. The Morgan fingerprint density at radius 1 is 1.34 bits per heavy atom. The Hall–Kier alpha value is -3.00. The SMILES string of the molecule is Cc1nn(C)cc1-c1cc(C(=O)NCC2(c3cccc(F)c3)CCOCC2)[nH]n1. The number of carbonyl (C=O) groups excluding carboxylic acids is 1. The molecule has 4 rings (SSSR count). The maximum absolute atomic E-state index is 13.8. The van der Waals surface area contributed by atoms with Gasteiger partial charge in [0.15, 0.2) is 0 Å². The van der Waals surface area contributed by atoms with Gasteiger partial charge in [-0.3, -0.25) is 14.6 Å². The first kappa shape index (κ1) is 19.3. The summed E-state index contributed by atoms with van der Waals surface area (Å²) in [6, 6.07) is 8.33. The molecule has 0 saturated carbocycles. The topological polar surface area (TPSA) is 84.8 Å². The van der Waals surface area contributed by atoms with Crippen molar-refractivity contribution in [1.82, 2.24) is 25.3 Å². The predicted molar refractivity (Wildman–Crippen MR) is 106 cm³/mol. The van der Waals surface area contributed by atoms with Gasteiger partial charge in [-0.2, -0.15) is 10.2 Å². The van der Waals surface area contributed by atoms with Crippen LogP contribution in [0.5, 0.6) is 0 Å². The number of rotatable bonds is 5. The molecule has 152 valence electrons. The number of hydrogen-bond acceptors (Lipinski definition) is 4. The second-order valence-electron chi connectivity index (χ2n) is 7.55. The quantitative estimate of drug-likeness (QED) is 0.693. The third-order valence-corrected chi connectivity index (χ3v) is 5.59. The summed E-state index contributed by atoms with van der Waals surface area (Å²) < 4.78 is 21.0. The van der Waals surface area contributed by atoms with Crippen LogP contribution in [0.2, 0.25) is 0 Å². The molecule has 0 bridgehead atoms. The molecular formula is C21H24FN5O2. The molecule has 2 N–H and O–H groups in total. The van der Waals surface area contributed by atoms with Crippen LogP contribution < -0.4 is 5.32 Å². The second-order valence-corrected chi connectivity index (χ2v) is 7.55. The van der Waals surface area contributed by atoms with Crippen LogP contribution in [0.15, 0.2) is 36.5 Å². The molecule has 0 unspecified atom stereocenters. The molecule has 1 aliphatic heterocycles. The molecule has 7 nitrogen and oxygen atoms in total. The predicted octanol–water partition coefficient (Wildman–Crippen LogP) is 2.74. The van der Waals surface area contributed by atoms with Gasteiger partial charge in [-0.1, -0.05) is 12.1 Å². The van der Waals surface area contributed by atoms with E-state index in [1.165, 1.54) is 6.07 Å². The van der Waals surface area contributed by atoms with Gasteiger partial charge in [-0.25, -0.2) is 4.39 Å². The van der Waals surface area contributed by atoms with Crippen LogP contribution >= 0.6 is 0 Å². The van der Waals surface area contributed by atoms with Crippen molar-refractivity contribution in [3.63, 3.8) is 0 Å². The first-order valence-electron chi connectivity index (χ1n) is 9.65. The van der Waals surface area contributed by atoms with Crippen molar-refractivity contribution in [2.75, 3.05) is 19.8 Å². The number of amides is 1. The lowest BCUT2D eigenvalue weighted by atomic mass is 9.74. The Bertz CT molecular complexity index is 1020. The van der Waals surface area contributed by atoms with E-state index in [0.29, 0.717) is 31.1 Å². The molecule has 3 heterocycles. The first-order valence-corrected chi connectivity index (χ1v) is 9.65. The zero-order valence-electron chi connectivity index (χ0n) is 16.5. The summed E-state index contributed by atoms with van der Waals surface area (Å²) in [5.74, 6) is -0.516. The van der Waals surface area contributed by atoms with E-state index in [0.717, 1.165) is 29.7 Å². The second kappa shape index (κ2) is 7.79. The Morgan fingerprint density at radius 3 is 2.83 bits per heavy atom. The van der Waals surface area contributed by atoms with Crippen molar-refractivity contribution in [2.24, 2.45) is 7.05 Å². The molecule has 29 heavy (non-hydrogen) atoms. The van der Waals surface area contributed by atoms with E-state index in [2.05, 4.69) is 20.6 Å². The van der Waals surface area contributed by atoms with E-state index in [4.69, 9.17) is 4.74 Å². The van der Waals surface area contributed by atoms with Crippen LogP contribution in [-0.4, -0.2) is 45.6 Å². The Kier molecular flexibility index (Phi) is 5.19. The van der Waals surface area contributed by atoms with E-state index >= 15 is 0 Å². The zero-order valence-corrected chi connectivity index (χ0v) is 16.5. The standard InChI is InChI=1S/C21H24FN5O2/c1-14-17(12-27(2)26-14)18-11-19(25-24-18)20(28)23-13-21(6-8-29-9-7-21)15-4-3-5-16(22)10-15/h3-5,10-12H,6-9,13H2,1-2H3,(H,23,28)(H,24,25). The largest absolute Gasteiger partial charge is 0.381 e. The lowest BCUT2D eigenvalue weighted by molar-refractivity contribution is 0.0486. The molecular weight excluding hydrogens is 373 g/mol. The van der Waals surface area contributed by atoms with E-state index in [1.807, 2.05) is 26.2 Å². The van der Waals surface area contributed by atoms with Gasteiger partial charge in [0, 0.05) is 44.0 Å². The van der Waals surface area contributed by atoms with Gasteiger partial charge in [0.2, 0.25) is 0 Å². The molecule has 1 aliphatic rings. The highest BCUT2D eigenvalue weighted by molar-refractivity contribution is 5.93. The third-order valence-electron chi connectivity index (χ3n) is 5.59. The first-order chi connectivity index (χ1) is 14.0. The van der Waals surface area contributed by atoms with Crippen molar-refractivity contribution in [1.29, 1.82) is 0 Å². The van der Waals surface area contributed by atoms with Gasteiger partial charge in [0.25, 0.3) is 5.91 Å². The van der Waals surface area contributed by atoms with Gasteiger partial charge in [-0.15, -0.1) is 0 Å². The fourth-order valence-electron chi connectivity index (χ4n) is 3.92. The van der Waals surface area contributed by atoms with Crippen molar-refractivity contribution < 1.29 is 13.9 Å². The van der Waals surface area contributed by atoms with Crippen LogP contribution in [-0.2, 0) is 17.2 Å². The number of ether oxygens (including phenoxy) is 1. The molecule has 1 saturated heterocycles. The maximum atomic E-state index is 13.8. The smallest absolute Gasteiger partial charge is 0.269 e. The van der Waals surface area contributed by atoms with Crippen molar-refractivity contribution in [3.05, 3.63) is 59.3 Å². The molecule has 0 radical (unpaired) electrons. The van der Waals surface area contributed by atoms with Crippen molar-refractivity contribution >= 4 is 5.91 Å². The molecule has 1 fully saturated rings. The van der Waals surface area contributed by atoms with Crippen molar-refractivity contribution in [3.8, 4) is 11.3 Å². The number of carbonyl (C=O) groups is 1. The summed E-state index contributed by atoms with van der Waals surface area (Å²) in [5, 5.41) is 14.4. The molecule has 1 aromatic carbocycles. The minimum absolute atomic E-state index is 0.243. The monoisotopic (exact) mass is 397 g/mol. The average molecular weight is 397 g/mol. The fraction of sp³-hybridized carbons (Fsp3) is 0.381. The number of benzene rings is 1. The highest BCUT2D eigenvalue weighted by Crippen LogP contribution is 2.34. The van der Waals surface area contributed by atoms with Crippen LogP contribution in [0, 0.1) is 12.7 Å². The van der Waals surface area contributed by atoms with Crippen LogP contribution in [0.25, 0.3) is 11.3 Å². The van der Waals surface area contributed by atoms with E-state index in [9.17, 15) is 9.18 Å². The van der Waals surface area contributed by atoms with Crippen LogP contribution in [0.4, 0.5) is 4.39 Å². The zero-order chi connectivity index (χ0) is 20.4. The molecule has 2 aromatic heterocycles. The number of hydrogen-bond donors (Lipinski definition) is 2. The third kappa shape index (κ3) is 3.93. The summed E-state index contributed by atoms with van der Waals surface area (Å²) in [7, 11) is 1.84. The molecule has 3 aromatic rings. The highest BCUT2D eigenvalue weighted by Gasteiger charge is 2.35. The van der Waals surface area contributed by atoms with Gasteiger partial charge in [0.05, 0.1) is 11.4 Å². The van der Waals surface area contributed by atoms with Crippen molar-refractivity contribution in [2.45, 2.75) is 25.2 Å². The van der Waals surface area contributed by atoms with Crippen LogP contribution in [0.1, 0.15) is 34.6 Å². The summed E-state index contributed by atoms with van der Waals surface area (Å²) in [6.45, 7) is 3.47. The number of aryl methyl sites for hydroxylation is 2. The number of aromatic amines is 1. The lowest BCUT2D eigenvalue weighted by Crippen LogP contribution is -2.44. The number of halogens is 1. The van der Waals surface area contributed by atoms with Gasteiger partial charge in [0.1, 0.15) is 11.5 Å². The summed E-state index contributed by atoms with van der Waals surface area (Å²) in [5.41, 5.74) is 3.31. The summed E-state index contributed by atoms with van der Waals surface area (Å²) in [6.07, 6.45) is 3.31.